The molecular weight excluding hydrogens is 375 g/mol. The molecule has 0 fully saturated rings. The SMILES string of the molecule is COc1ccc(CC(Br)c2ccc(Cl)c(Cl)c2)cc1OC. The second-order valence-corrected chi connectivity index (χ2v) is 6.45. The second-order valence-electron chi connectivity index (χ2n) is 4.53. The standard InChI is InChI=1S/C16H15BrCl2O2/c1-20-15-6-3-10(8-16(15)21-2)7-12(17)11-4-5-13(18)14(19)9-11/h3-6,8-9,12H,7H2,1-2H3. The van der Waals surface area contributed by atoms with E-state index in [0.29, 0.717) is 10.0 Å². The molecule has 0 aliphatic heterocycles. The van der Waals surface area contributed by atoms with Crippen molar-refractivity contribution in [1.29, 1.82) is 0 Å². The lowest BCUT2D eigenvalue weighted by molar-refractivity contribution is 0.354. The Morgan fingerprint density at radius 2 is 1.67 bits per heavy atom. The summed E-state index contributed by atoms with van der Waals surface area (Å²) in [6, 6.07) is 11.6. The lowest BCUT2D eigenvalue weighted by Gasteiger charge is -2.13. The normalized spacial score (nSPS) is 12.0. The Morgan fingerprint density at radius 3 is 2.29 bits per heavy atom. The number of alkyl halides is 1. The number of methoxy groups -OCH3 is 2. The zero-order chi connectivity index (χ0) is 15.4. The number of hydrogen-bond donors (Lipinski definition) is 0. The van der Waals surface area contributed by atoms with E-state index in [1.807, 2.05) is 36.4 Å². The molecule has 0 saturated heterocycles. The van der Waals surface area contributed by atoms with Crippen LogP contribution in [-0.2, 0) is 6.42 Å². The predicted molar refractivity (Wildman–Crippen MR) is 91.4 cm³/mol. The summed E-state index contributed by atoms with van der Waals surface area (Å²) in [6.45, 7) is 0. The van der Waals surface area contributed by atoms with Crippen molar-refractivity contribution in [3.63, 3.8) is 0 Å². The Morgan fingerprint density at radius 1 is 0.952 bits per heavy atom. The summed E-state index contributed by atoms with van der Waals surface area (Å²) in [6.07, 6.45) is 0.804. The number of ether oxygens (including phenoxy) is 2. The summed E-state index contributed by atoms with van der Waals surface area (Å²) >= 11 is 15.7. The molecular formula is C16H15BrCl2O2. The molecule has 1 atom stereocenters. The molecule has 0 spiro atoms. The zero-order valence-electron chi connectivity index (χ0n) is 11.7. The van der Waals surface area contributed by atoms with E-state index >= 15 is 0 Å². The van der Waals surface area contributed by atoms with Crippen LogP contribution >= 0.6 is 39.1 Å². The molecule has 2 aromatic rings. The van der Waals surface area contributed by atoms with E-state index in [1.165, 1.54) is 0 Å². The first-order valence-corrected chi connectivity index (χ1v) is 8.02. The van der Waals surface area contributed by atoms with Crippen molar-refractivity contribution < 1.29 is 9.47 Å². The topological polar surface area (TPSA) is 18.5 Å². The summed E-state index contributed by atoms with van der Waals surface area (Å²) in [5, 5.41) is 1.12. The first kappa shape index (κ1) is 16.5. The van der Waals surface area contributed by atoms with E-state index < -0.39 is 0 Å². The summed E-state index contributed by atoms with van der Waals surface area (Å²) in [4.78, 5) is 0.144. The highest BCUT2D eigenvalue weighted by Crippen LogP contribution is 2.34. The first-order valence-electron chi connectivity index (χ1n) is 6.35. The largest absolute Gasteiger partial charge is 0.493 e. The lowest BCUT2D eigenvalue weighted by Crippen LogP contribution is -1.97. The van der Waals surface area contributed by atoms with Gasteiger partial charge in [0.1, 0.15) is 0 Å². The Bertz CT molecular complexity index is 632. The molecule has 0 aromatic heterocycles. The van der Waals surface area contributed by atoms with Gasteiger partial charge in [0.15, 0.2) is 11.5 Å². The van der Waals surface area contributed by atoms with Gasteiger partial charge in [0.2, 0.25) is 0 Å². The molecule has 0 amide bonds. The zero-order valence-corrected chi connectivity index (χ0v) is 14.8. The first-order chi connectivity index (χ1) is 10.0. The van der Waals surface area contributed by atoms with Crippen molar-refractivity contribution in [1.82, 2.24) is 0 Å². The highest BCUT2D eigenvalue weighted by Gasteiger charge is 2.12. The van der Waals surface area contributed by atoms with Gasteiger partial charge in [-0.2, -0.15) is 0 Å². The number of benzene rings is 2. The maximum absolute atomic E-state index is 6.06. The predicted octanol–water partition coefficient (Wildman–Crippen LogP) is 5.69. The summed E-state index contributed by atoms with van der Waals surface area (Å²) in [5.41, 5.74) is 2.22. The van der Waals surface area contributed by atoms with Crippen molar-refractivity contribution in [3.05, 3.63) is 57.6 Å². The molecule has 0 aliphatic carbocycles. The van der Waals surface area contributed by atoms with E-state index in [4.69, 9.17) is 32.7 Å². The molecule has 0 N–H and O–H groups in total. The minimum absolute atomic E-state index is 0.144. The third kappa shape index (κ3) is 4.06. The maximum atomic E-state index is 6.06. The van der Waals surface area contributed by atoms with Crippen LogP contribution in [0.5, 0.6) is 11.5 Å². The molecule has 2 nitrogen and oxygen atoms in total. The molecule has 0 saturated carbocycles. The van der Waals surface area contributed by atoms with E-state index in [1.54, 1.807) is 14.2 Å². The van der Waals surface area contributed by atoms with Gasteiger partial charge >= 0.3 is 0 Å². The van der Waals surface area contributed by atoms with Crippen LogP contribution < -0.4 is 9.47 Å². The van der Waals surface area contributed by atoms with Crippen LogP contribution in [0.1, 0.15) is 16.0 Å². The van der Waals surface area contributed by atoms with E-state index in [0.717, 1.165) is 29.0 Å². The molecule has 1 unspecified atom stereocenters. The van der Waals surface area contributed by atoms with Gasteiger partial charge in [0.05, 0.1) is 24.3 Å². The van der Waals surface area contributed by atoms with Crippen LogP contribution in [0, 0.1) is 0 Å². The van der Waals surface area contributed by atoms with Crippen LogP contribution in [0.3, 0.4) is 0 Å². The summed E-state index contributed by atoms with van der Waals surface area (Å²) < 4.78 is 10.6. The minimum Gasteiger partial charge on any atom is -0.493 e. The van der Waals surface area contributed by atoms with Gasteiger partial charge in [-0.1, -0.05) is 51.3 Å². The smallest absolute Gasteiger partial charge is 0.160 e. The van der Waals surface area contributed by atoms with Gasteiger partial charge < -0.3 is 9.47 Å². The quantitative estimate of drug-likeness (QED) is 0.611. The average molecular weight is 390 g/mol. The molecule has 0 heterocycles. The van der Waals surface area contributed by atoms with Crippen LogP contribution in [0.25, 0.3) is 0 Å². The number of hydrogen-bond acceptors (Lipinski definition) is 2. The van der Waals surface area contributed by atoms with Gasteiger partial charge in [-0.25, -0.2) is 0 Å². The monoisotopic (exact) mass is 388 g/mol. The fourth-order valence-corrected chi connectivity index (χ4v) is 3.00. The molecule has 112 valence electrons. The third-order valence-corrected chi connectivity index (χ3v) is 4.76. The molecule has 2 rings (SSSR count). The fraction of sp³-hybridized carbons (Fsp3) is 0.250. The van der Waals surface area contributed by atoms with Crippen molar-refractivity contribution >= 4 is 39.1 Å². The Balaban J connectivity index is 2.18. The number of halogens is 3. The molecule has 2 aromatic carbocycles. The van der Waals surface area contributed by atoms with Crippen molar-refractivity contribution in [2.75, 3.05) is 14.2 Å². The Hall–Kier alpha value is -0.900. The second kappa shape index (κ2) is 7.39. The van der Waals surface area contributed by atoms with Gasteiger partial charge in [0, 0.05) is 4.83 Å². The van der Waals surface area contributed by atoms with E-state index in [9.17, 15) is 0 Å². The van der Waals surface area contributed by atoms with Crippen molar-refractivity contribution in [2.45, 2.75) is 11.2 Å². The Labute approximate surface area is 143 Å². The Kier molecular flexibility index (Phi) is 5.80. The van der Waals surface area contributed by atoms with Gasteiger partial charge in [0.25, 0.3) is 0 Å². The van der Waals surface area contributed by atoms with Crippen LogP contribution in [0.4, 0.5) is 0 Å². The van der Waals surface area contributed by atoms with Crippen molar-refractivity contribution in [2.24, 2.45) is 0 Å². The fourth-order valence-electron chi connectivity index (χ4n) is 2.04. The lowest BCUT2D eigenvalue weighted by atomic mass is 10.0. The van der Waals surface area contributed by atoms with Gasteiger partial charge in [-0.3, -0.25) is 0 Å². The van der Waals surface area contributed by atoms with E-state index in [-0.39, 0.29) is 4.83 Å². The highest BCUT2D eigenvalue weighted by molar-refractivity contribution is 9.09. The van der Waals surface area contributed by atoms with E-state index in [2.05, 4.69) is 15.9 Å². The number of rotatable bonds is 5. The molecule has 21 heavy (non-hydrogen) atoms. The van der Waals surface area contributed by atoms with Gasteiger partial charge in [-0.05, 0) is 41.8 Å². The molecule has 0 bridgehead atoms. The van der Waals surface area contributed by atoms with Crippen LogP contribution in [-0.4, -0.2) is 14.2 Å². The van der Waals surface area contributed by atoms with Crippen LogP contribution in [0.15, 0.2) is 36.4 Å². The minimum atomic E-state index is 0.144. The molecule has 0 radical (unpaired) electrons. The summed E-state index contributed by atoms with van der Waals surface area (Å²) in [5.74, 6) is 1.45. The highest BCUT2D eigenvalue weighted by atomic mass is 79.9. The molecule has 5 heteroatoms. The van der Waals surface area contributed by atoms with Crippen LogP contribution in [0.2, 0.25) is 10.0 Å². The maximum Gasteiger partial charge on any atom is 0.160 e. The summed E-state index contributed by atoms with van der Waals surface area (Å²) in [7, 11) is 3.26. The average Bonchev–Trinajstić information content (AvgIpc) is 2.49. The van der Waals surface area contributed by atoms with Crippen molar-refractivity contribution in [3.8, 4) is 11.5 Å². The van der Waals surface area contributed by atoms with Gasteiger partial charge in [-0.15, -0.1) is 0 Å². The molecule has 0 aliphatic rings. The third-order valence-electron chi connectivity index (χ3n) is 3.17.